The molecular weight excluding hydrogens is 362 g/mol. The molecule has 4 aromatic rings. The average Bonchev–Trinajstić information content (AvgIpc) is 3.26. The Hall–Kier alpha value is -3.28. The molecule has 6 heteroatoms. The van der Waals surface area contributed by atoms with Crippen LogP contribution in [0.5, 0.6) is 0 Å². The van der Waals surface area contributed by atoms with Crippen LogP contribution in [0, 0.1) is 0 Å². The average molecular weight is 385 g/mol. The molecule has 6 nitrogen and oxygen atoms in total. The van der Waals surface area contributed by atoms with Crippen molar-refractivity contribution in [3.8, 4) is 11.3 Å². The zero-order valence-corrected chi connectivity index (χ0v) is 16.7. The van der Waals surface area contributed by atoms with Gasteiger partial charge in [-0.3, -0.25) is 9.36 Å². The summed E-state index contributed by atoms with van der Waals surface area (Å²) in [5.41, 5.74) is 4.85. The van der Waals surface area contributed by atoms with E-state index in [2.05, 4.69) is 47.6 Å². The van der Waals surface area contributed by atoms with Gasteiger partial charge >= 0.3 is 0 Å². The number of hydrogen-bond acceptors (Lipinski definition) is 4. The van der Waals surface area contributed by atoms with E-state index in [1.165, 1.54) is 5.56 Å². The van der Waals surface area contributed by atoms with Gasteiger partial charge in [-0.05, 0) is 40.8 Å². The molecule has 2 aromatic heterocycles. The number of aromatic nitrogens is 5. The smallest absolute Gasteiger partial charge is 0.259 e. The van der Waals surface area contributed by atoms with E-state index in [-0.39, 0.29) is 11.0 Å². The zero-order valence-electron chi connectivity index (χ0n) is 16.7. The van der Waals surface area contributed by atoms with Crippen LogP contribution in [0.1, 0.15) is 43.4 Å². The second-order valence-corrected chi connectivity index (χ2v) is 7.81. The van der Waals surface area contributed by atoms with Crippen molar-refractivity contribution in [1.82, 2.24) is 24.6 Å². The van der Waals surface area contributed by atoms with E-state index in [0.29, 0.717) is 12.3 Å². The summed E-state index contributed by atoms with van der Waals surface area (Å²) in [6.07, 6.45) is 2.63. The van der Waals surface area contributed by atoms with Crippen molar-refractivity contribution in [1.29, 1.82) is 0 Å². The van der Waals surface area contributed by atoms with Crippen molar-refractivity contribution in [2.24, 2.45) is 0 Å². The summed E-state index contributed by atoms with van der Waals surface area (Å²) >= 11 is 0. The monoisotopic (exact) mass is 385 g/mol. The Kier molecular flexibility index (Phi) is 4.08. The molecule has 0 saturated carbocycles. The lowest BCUT2D eigenvalue weighted by atomic mass is 9.66. The fraction of sp³-hybridized carbons (Fsp3) is 0.304. The van der Waals surface area contributed by atoms with E-state index in [1.54, 1.807) is 9.08 Å². The molecule has 0 fully saturated rings. The molecule has 1 aliphatic carbocycles. The molecule has 1 aliphatic rings. The third-order valence-electron chi connectivity index (χ3n) is 6.47. The van der Waals surface area contributed by atoms with Crippen LogP contribution < -0.4 is 5.56 Å². The van der Waals surface area contributed by atoms with E-state index >= 15 is 0 Å². The van der Waals surface area contributed by atoms with Gasteiger partial charge in [0.05, 0.1) is 17.8 Å². The third kappa shape index (κ3) is 2.55. The van der Waals surface area contributed by atoms with E-state index in [0.717, 1.165) is 41.6 Å². The highest BCUT2D eigenvalue weighted by atomic mass is 16.1. The van der Waals surface area contributed by atoms with E-state index in [1.807, 2.05) is 36.4 Å². The molecule has 2 heterocycles. The number of nitrogens with zero attached hydrogens (tertiary/aromatic N) is 5. The lowest BCUT2D eigenvalue weighted by Gasteiger charge is -2.38. The van der Waals surface area contributed by atoms with Crippen LogP contribution in [-0.4, -0.2) is 24.6 Å². The van der Waals surface area contributed by atoms with E-state index < -0.39 is 0 Å². The molecule has 0 atom stereocenters. The van der Waals surface area contributed by atoms with Crippen molar-refractivity contribution in [3.63, 3.8) is 0 Å². The Morgan fingerprint density at radius 3 is 2.48 bits per heavy atom. The fourth-order valence-electron chi connectivity index (χ4n) is 4.78. The molecule has 0 unspecified atom stereocenters. The summed E-state index contributed by atoms with van der Waals surface area (Å²) in [6, 6.07) is 18.3. The van der Waals surface area contributed by atoms with Crippen LogP contribution in [0.4, 0.5) is 0 Å². The number of tetrazole rings is 1. The van der Waals surface area contributed by atoms with Gasteiger partial charge in [0.1, 0.15) is 0 Å². The Balaban J connectivity index is 1.88. The molecule has 0 amide bonds. The van der Waals surface area contributed by atoms with E-state index in [9.17, 15) is 4.79 Å². The summed E-state index contributed by atoms with van der Waals surface area (Å²) < 4.78 is 3.49. The zero-order chi connectivity index (χ0) is 20.0. The lowest BCUT2D eigenvalue weighted by Crippen LogP contribution is -2.41. The molecule has 0 aliphatic heterocycles. The summed E-state index contributed by atoms with van der Waals surface area (Å²) in [5, 5.41) is 12.5. The largest absolute Gasteiger partial charge is 0.271 e. The maximum atomic E-state index is 13.9. The highest BCUT2D eigenvalue weighted by Gasteiger charge is 2.41. The first-order chi connectivity index (χ1) is 14.2. The lowest BCUT2D eigenvalue weighted by molar-refractivity contribution is 0.379. The Labute approximate surface area is 168 Å². The van der Waals surface area contributed by atoms with Crippen LogP contribution in [-0.2, 0) is 18.4 Å². The first-order valence-corrected chi connectivity index (χ1v) is 10.2. The minimum Gasteiger partial charge on any atom is -0.271 e. The molecule has 0 saturated heterocycles. The molecule has 146 valence electrons. The standard InChI is InChI=1S/C23H23N5O/c1-3-23(4-2)14-17-12-8-9-13-18(17)20-19(23)21(29)27(22-24-25-26-28(20)22)15-16-10-6-5-7-11-16/h5-13H,3-4,14-15H2,1-2H3. The van der Waals surface area contributed by atoms with Gasteiger partial charge < -0.3 is 0 Å². The highest BCUT2D eigenvalue weighted by molar-refractivity contribution is 5.73. The molecule has 0 radical (unpaired) electrons. The predicted molar refractivity (Wildman–Crippen MR) is 112 cm³/mol. The van der Waals surface area contributed by atoms with Crippen molar-refractivity contribution in [3.05, 3.63) is 81.6 Å². The first kappa shape index (κ1) is 17.8. The maximum absolute atomic E-state index is 13.9. The molecule has 2 aromatic carbocycles. The number of hydrogen-bond donors (Lipinski definition) is 0. The van der Waals surface area contributed by atoms with Crippen molar-refractivity contribution in [2.75, 3.05) is 0 Å². The molecular formula is C23H23N5O. The molecule has 29 heavy (non-hydrogen) atoms. The minimum atomic E-state index is -0.223. The van der Waals surface area contributed by atoms with Crippen molar-refractivity contribution >= 4 is 5.78 Å². The number of fused-ring (bicyclic) bond motifs is 5. The highest BCUT2D eigenvalue weighted by Crippen LogP contribution is 2.45. The summed E-state index contributed by atoms with van der Waals surface area (Å²) in [5.74, 6) is 0.482. The Bertz CT molecular complexity index is 1250. The van der Waals surface area contributed by atoms with Crippen LogP contribution >= 0.6 is 0 Å². The number of rotatable bonds is 4. The molecule has 0 N–H and O–H groups in total. The maximum Gasteiger partial charge on any atom is 0.259 e. The van der Waals surface area contributed by atoms with Crippen LogP contribution in [0.2, 0.25) is 0 Å². The van der Waals surface area contributed by atoms with Crippen LogP contribution in [0.15, 0.2) is 59.4 Å². The molecule has 5 rings (SSSR count). The van der Waals surface area contributed by atoms with Crippen LogP contribution in [0.25, 0.3) is 17.0 Å². The topological polar surface area (TPSA) is 65.1 Å². The van der Waals surface area contributed by atoms with Gasteiger partial charge in [-0.15, -0.1) is 0 Å². The van der Waals surface area contributed by atoms with Gasteiger partial charge in [-0.25, -0.2) is 0 Å². The van der Waals surface area contributed by atoms with Gasteiger partial charge in [-0.2, -0.15) is 4.52 Å². The predicted octanol–water partition coefficient (Wildman–Crippen LogP) is 3.62. The fourth-order valence-corrected chi connectivity index (χ4v) is 4.78. The molecule has 0 bridgehead atoms. The van der Waals surface area contributed by atoms with Crippen LogP contribution in [0.3, 0.4) is 0 Å². The van der Waals surface area contributed by atoms with Gasteiger partial charge in [0, 0.05) is 11.0 Å². The van der Waals surface area contributed by atoms with Gasteiger partial charge in [-0.1, -0.05) is 73.5 Å². The Morgan fingerprint density at radius 2 is 1.72 bits per heavy atom. The molecule has 0 spiro atoms. The Morgan fingerprint density at radius 1 is 1.00 bits per heavy atom. The normalized spacial score (nSPS) is 14.6. The van der Waals surface area contributed by atoms with Crippen molar-refractivity contribution < 1.29 is 0 Å². The second kappa shape index (κ2) is 6.65. The summed E-state index contributed by atoms with van der Waals surface area (Å²) in [7, 11) is 0. The third-order valence-corrected chi connectivity index (χ3v) is 6.47. The first-order valence-electron chi connectivity index (χ1n) is 10.2. The van der Waals surface area contributed by atoms with Gasteiger partial charge in [0.2, 0.25) is 0 Å². The van der Waals surface area contributed by atoms with E-state index in [4.69, 9.17) is 0 Å². The van der Waals surface area contributed by atoms with Gasteiger partial charge in [0.15, 0.2) is 0 Å². The minimum absolute atomic E-state index is 0.0179. The van der Waals surface area contributed by atoms with Crippen molar-refractivity contribution in [2.45, 2.75) is 45.1 Å². The quantitative estimate of drug-likeness (QED) is 0.538. The summed E-state index contributed by atoms with van der Waals surface area (Å²) in [4.78, 5) is 13.9. The summed E-state index contributed by atoms with van der Waals surface area (Å²) in [6.45, 7) is 4.79. The van der Waals surface area contributed by atoms with Gasteiger partial charge in [0.25, 0.3) is 11.3 Å². The SMILES string of the molecule is CCC1(CC)Cc2ccccc2-c2c1c(=O)n(Cc1ccccc1)c1nnnn21. The number of benzene rings is 2. The second-order valence-electron chi connectivity index (χ2n) is 7.81.